The first-order valence-electron chi connectivity index (χ1n) is 7.87. The Hall–Kier alpha value is -2.38. The molecule has 0 radical (unpaired) electrons. The first kappa shape index (κ1) is 19.0. The molecule has 1 atom stereocenters. The Bertz CT molecular complexity index is 803. The summed E-state index contributed by atoms with van der Waals surface area (Å²) in [7, 11) is -3.98. The molecule has 0 saturated heterocycles. The third kappa shape index (κ3) is 4.58. The summed E-state index contributed by atoms with van der Waals surface area (Å²) in [6.07, 6.45) is 0. The van der Waals surface area contributed by atoms with Crippen LogP contribution in [-0.2, 0) is 21.4 Å². The van der Waals surface area contributed by atoms with Crippen LogP contribution in [0.2, 0.25) is 0 Å². The molecule has 1 N–H and O–H groups in total. The lowest BCUT2D eigenvalue weighted by molar-refractivity contribution is -0.141. The van der Waals surface area contributed by atoms with Crippen molar-refractivity contribution in [2.24, 2.45) is 0 Å². The third-order valence-electron chi connectivity index (χ3n) is 3.71. The van der Waals surface area contributed by atoms with Gasteiger partial charge in [-0.1, -0.05) is 30.3 Å². The maximum Gasteiger partial charge on any atom is 0.321 e. The van der Waals surface area contributed by atoms with Crippen LogP contribution in [0.25, 0.3) is 0 Å². The van der Waals surface area contributed by atoms with Gasteiger partial charge in [0.25, 0.3) is 0 Å². The Morgan fingerprint density at radius 3 is 2.24 bits per heavy atom. The van der Waals surface area contributed by atoms with Crippen LogP contribution in [-0.4, -0.2) is 36.4 Å². The lowest BCUT2D eigenvalue weighted by Crippen LogP contribution is -2.42. The van der Waals surface area contributed by atoms with Crippen molar-refractivity contribution in [3.8, 4) is 5.75 Å². The highest BCUT2D eigenvalue weighted by Gasteiger charge is 2.33. The number of benzene rings is 2. The average Bonchev–Trinajstić information content (AvgIpc) is 2.60. The number of carbonyl (C=O) groups is 1. The summed E-state index contributed by atoms with van der Waals surface area (Å²) in [5.74, 6) is -0.646. The largest absolute Gasteiger partial charge is 0.494 e. The summed E-state index contributed by atoms with van der Waals surface area (Å²) < 4.78 is 32.2. The van der Waals surface area contributed by atoms with E-state index >= 15 is 0 Å². The number of sulfonamides is 1. The quantitative estimate of drug-likeness (QED) is 0.780. The zero-order valence-electron chi connectivity index (χ0n) is 14.1. The molecule has 0 aromatic heterocycles. The van der Waals surface area contributed by atoms with Crippen LogP contribution >= 0.6 is 0 Å². The van der Waals surface area contributed by atoms with Gasteiger partial charge in [-0.2, -0.15) is 4.31 Å². The van der Waals surface area contributed by atoms with Crippen LogP contribution in [0.1, 0.15) is 19.4 Å². The van der Waals surface area contributed by atoms with Crippen LogP contribution in [0.15, 0.2) is 59.5 Å². The van der Waals surface area contributed by atoms with Crippen molar-refractivity contribution in [1.29, 1.82) is 0 Å². The maximum atomic E-state index is 13.0. The number of hydrogen-bond acceptors (Lipinski definition) is 4. The Kier molecular flexibility index (Phi) is 6.17. The van der Waals surface area contributed by atoms with Gasteiger partial charge >= 0.3 is 5.97 Å². The fourth-order valence-corrected chi connectivity index (χ4v) is 3.90. The summed E-state index contributed by atoms with van der Waals surface area (Å²) in [5.41, 5.74) is 0.713. The second kappa shape index (κ2) is 8.13. The smallest absolute Gasteiger partial charge is 0.321 e. The molecule has 0 aliphatic rings. The van der Waals surface area contributed by atoms with Crippen LogP contribution in [0.3, 0.4) is 0 Å². The average molecular weight is 363 g/mol. The third-order valence-corrected chi connectivity index (χ3v) is 5.64. The molecule has 0 amide bonds. The first-order valence-corrected chi connectivity index (χ1v) is 9.31. The zero-order valence-corrected chi connectivity index (χ0v) is 14.9. The van der Waals surface area contributed by atoms with Crippen molar-refractivity contribution in [1.82, 2.24) is 4.31 Å². The maximum absolute atomic E-state index is 13.0. The molecule has 0 aliphatic heterocycles. The van der Waals surface area contributed by atoms with E-state index in [4.69, 9.17) is 4.74 Å². The van der Waals surface area contributed by atoms with Crippen molar-refractivity contribution in [2.45, 2.75) is 31.3 Å². The fourth-order valence-electron chi connectivity index (χ4n) is 2.33. The minimum atomic E-state index is -3.98. The number of nitrogens with zero attached hydrogens (tertiary/aromatic N) is 1. The molecular weight excluding hydrogens is 342 g/mol. The second-order valence-corrected chi connectivity index (χ2v) is 7.35. The van der Waals surface area contributed by atoms with Crippen LogP contribution in [0.4, 0.5) is 0 Å². The summed E-state index contributed by atoms with van der Waals surface area (Å²) >= 11 is 0. The highest BCUT2D eigenvalue weighted by molar-refractivity contribution is 7.89. The van der Waals surface area contributed by atoms with Gasteiger partial charge in [0, 0.05) is 6.54 Å². The molecule has 7 heteroatoms. The Morgan fingerprint density at radius 2 is 1.72 bits per heavy atom. The number of rotatable bonds is 8. The molecular formula is C18H21NO5S. The Balaban J connectivity index is 2.38. The van der Waals surface area contributed by atoms with Crippen LogP contribution in [0, 0.1) is 0 Å². The molecule has 0 heterocycles. The number of carboxylic acids is 1. The summed E-state index contributed by atoms with van der Waals surface area (Å²) in [4.78, 5) is 11.4. The van der Waals surface area contributed by atoms with E-state index in [-0.39, 0.29) is 11.4 Å². The van der Waals surface area contributed by atoms with Gasteiger partial charge in [-0.3, -0.25) is 4.79 Å². The lowest BCUT2D eigenvalue weighted by atomic mass is 10.2. The molecule has 2 aromatic rings. The normalized spacial score (nSPS) is 12.8. The number of aliphatic carboxylic acids is 1. The summed E-state index contributed by atoms with van der Waals surface area (Å²) in [6, 6.07) is 13.7. The minimum Gasteiger partial charge on any atom is -0.494 e. The Morgan fingerprint density at radius 1 is 1.12 bits per heavy atom. The van der Waals surface area contributed by atoms with E-state index in [0.29, 0.717) is 17.9 Å². The van der Waals surface area contributed by atoms with Gasteiger partial charge in [-0.05, 0) is 43.7 Å². The monoisotopic (exact) mass is 363 g/mol. The molecule has 0 saturated carbocycles. The van der Waals surface area contributed by atoms with Crippen molar-refractivity contribution in [3.63, 3.8) is 0 Å². The van der Waals surface area contributed by atoms with Gasteiger partial charge in [0.15, 0.2) is 0 Å². The van der Waals surface area contributed by atoms with Crippen molar-refractivity contribution in [2.75, 3.05) is 6.61 Å². The van der Waals surface area contributed by atoms with E-state index in [1.54, 1.807) is 36.4 Å². The van der Waals surface area contributed by atoms with Crippen molar-refractivity contribution < 1.29 is 23.1 Å². The van der Waals surface area contributed by atoms with Crippen LogP contribution < -0.4 is 4.74 Å². The highest BCUT2D eigenvalue weighted by Crippen LogP contribution is 2.23. The Labute approximate surface area is 147 Å². The minimum absolute atomic E-state index is 0.0240. The molecule has 25 heavy (non-hydrogen) atoms. The molecule has 134 valence electrons. The summed E-state index contributed by atoms with van der Waals surface area (Å²) in [5, 5.41) is 9.33. The molecule has 0 spiro atoms. The number of carboxylic acid groups (broad SMARTS) is 1. The standard InChI is InChI=1S/C18H21NO5S/c1-3-24-16-9-11-17(12-10-16)25(22,23)19(14(2)18(20)21)13-15-7-5-4-6-8-15/h4-12,14H,3,13H2,1-2H3,(H,20,21). The van der Waals surface area contributed by atoms with Gasteiger partial charge < -0.3 is 9.84 Å². The molecule has 0 bridgehead atoms. The first-order chi connectivity index (χ1) is 11.9. The molecule has 2 rings (SSSR count). The van der Waals surface area contributed by atoms with E-state index in [1.165, 1.54) is 19.1 Å². The van der Waals surface area contributed by atoms with Gasteiger partial charge in [0.1, 0.15) is 11.8 Å². The topological polar surface area (TPSA) is 83.9 Å². The second-order valence-electron chi connectivity index (χ2n) is 5.45. The molecule has 0 fully saturated rings. The predicted molar refractivity (Wildman–Crippen MR) is 93.9 cm³/mol. The van der Waals surface area contributed by atoms with Crippen LogP contribution in [0.5, 0.6) is 5.75 Å². The summed E-state index contributed by atoms with van der Waals surface area (Å²) in [6.45, 7) is 3.64. The van der Waals surface area contributed by atoms with Crippen molar-refractivity contribution >= 4 is 16.0 Å². The predicted octanol–water partition coefficient (Wildman–Crippen LogP) is 2.75. The van der Waals surface area contributed by atoms with Gasteiger partial charge in [0.2, 0.25) is 10.0 Å². The molecule has 6 nitrogen and oxygen atoms in total. The number of ether oxygens (including phenoxy) is 1. The molecule has 0 aliphatic carbocycles. The lowest BCUT2D eigenvalue weighted by Gasteiger charge is -2.26. The van der Waals surface area contributed by atoms with E-state index in [1.807, 2.05) is 13.0 Å². The van der Waals surface area contributed by atoms with Gasteiger partial charge in [0.05, 0.1) is 11.5 Å². The van der Waals surface area contributed by atoms with E-state index < -0.39 is 22.0 Å². The van der Waals surface area contributed by atoms with Gasteiger partial charge in [-0.25, -0.2) is 8.42 Å². The molecule has 2 aromatic carbocycles. The van der Waals surface area contributed by atoms with E-state index in [9.17, 15) is 18.3 Å². The van der Waals surface area contributed by atoms with Crippen molar-refractivity contribution in [3.05, 3.63) is 60.2 Å². The molecule has 1 unspecified atom stereocenters. The highest BCUT2D eigenvalue weighted by atomic mass is 32.2. The zero-order chi connectivity index (χ0) is 18.4. The van der Waals surface area contributed by atoms with E-state index in [2.05, 4.69) is 0 Å². The SMILES string of the molecule is CCOc1ccc(S(=O)(=O)N(Cc2ccccc2)C(C)C(=O)O)cc1. The van der Waals surface area contributed by atoms with E-state index in [0.717, 1.165) is 4.31 Å². The fraction of sp³-hybridized carbons (Fsp3) is 0.278. The number of hydrogen-bond donors (Lipinski definition) is 1. The van der Waals surface area contributed by atoms with Gasteiger partial charge in [-0.15, -0.1) is 0 Å².